The summed E-state index contributed by atoms with van der Waals surface area (Å²) in [6, 6.07) is 12.0. The number of aromatic nitrogens is 2. The maximum atomic E-state index is 6.31. The third kappa shape index (κ3) is 2.70. The molecule has 1 unspecified atom stereocenters. The lowest BCUT2D eigenvalue weighted by atomic mass is 10.2. The van der Waals surface area contributed by atoms with E-state index < -0.39 is 0 Å². The largest absolute Gasteiger partial charge is 0.295 e. The third-order valence-electron chi connectivity index (χ3n) is 3.35. The van der Waals surface area contributed by atoms with Crippen molar-refractivity contribution < 1.29 is 0 Å². The van der Waals surface area contributed by atoms with Crippen molar-refractivity contribution in [3.8, 4) is 5.69 Å². The number of rotatable bonds is 2. The van der Waals surface area contributed by atoms with Gasteiger partial charge < -0.3 is 0 Å². The molecule has 1 atom stereocenters. The molecule has 0 aliphatic rings. The van der Waals surface area contributed by atoms with E-state index in [2.05, 4.69) is 44.5 Å². The van der Waals surface area contributed by atoms with Gasteiger partial charge in [0.2, 0.25) is 0 Å². The summed E-state index contributed by atoms with van der Waals surface area (Å²) in [6.07, 6.45) is 0. The van der Waals surface area contributed by atoms with E-state index in [0.29, 0.717) is 5.02 Å². The molecule has 21 heavy (non-hydrogen) atoms. The molecule has 1 heterocycles. The lowest BCUT2D eigenvalue weighted by molar-refractivity contribution is 0.882. The van der Waals surface area contributed by atoms with Crippen LogP contribution in [0.25, 0.3) is 16.7 Å². The van der Waals surface area contributed by atoms with Gasteiger partial charge in [-0.25, -0.2) is 4.98 Å². The quantitative estimate of drug-likeness (QED) is 0.492. The summed E-state index contributed by atoms with van der Waals surface area (Å²) in [6.45, 7) is 3.99. The summed E-state index contributed by atoms with van der Waals surface area (Å²) >= 11 is 16.0. The Hall–Kier alpha value is -1.03. The summed E-state index contributed by atoms with van der Waals surface area (Å²) in [5, 5.41) is 0.468. The van der Waals surface area contributed by atoms with Gasteiger partial charge in [-0.05, 0) is 65.7 Å². The summed E-state index contributed by atoms with van der Waals surface area (Å²) in [5.41, 5.74) is 4.11. The molecule has 3 aromatic rings. The Morgan fingerprint density at radius 1 is 1.19 bits per heavy atom. The van der Waals surface area contributed by atoms with Crippen molar-refractivity contribution in [1.29, 1.82) is 0 Å². The molecule has 0 spiro atoms. The highest BCUT2D eigenvalue weighted by molar-refractivity contribution is 9.10. The van der Waals surface area contributed by atoms with E-state index >= 15 is 0 Å². The van der Waals surface area contributed by atoms with Gasteiger partial charge in [0.1, 0.15) is 5.82 Å². The fraction of sp³-hybridized carbons (Fsp3) is 0.188. The first kappa shape index (κ1) is 14.9. The molecule has 0 aliphatic carbocycles. The van der Waals surface area contributed by atoms with E-state index in [1.807, 2.05) is 31.2 Å². The summed E-state index contributed by atoms with van der Waals surface area (Å²) in [7, 11) is 0. The molecule has 5 heteroatoms. The smallest absolute Gasteiger partial charge is 0.132 e. The number of fused-ring (bicyclic) bond motifs is 1. The molecule has 0 radical (unpaired) electrons. The van der Waals surface area contributed by atoms with Crippen molar-refractivity contribution in [1.82, 2.24) is 9.55 Å². The minimum absolute atomic E-state index is 0.194. The van der Waals surface area contributed by atoms with E-state index in [1.165, 1.54) is 5.56 Å². The summed E-state index contributed by atoms with van der Waals surface area (Å²) < 4.78 is 2.94. The monoisotopic (exact) mass is 382 g/mol. The van der Waals surface area contributed by atoms with Crippen LogP contribution >= 0.6 is 39.1 Å². The van der Waals surface area contributed by atoms with Gasteiger partial charge in [-0.2, -0.15) is 0 Å². The first-order chi connectivity index (χ1) is 9.97. The highest BCUT2D eigenvalue weighted by atomic mass is 79.9. The van der Waals surface area contributed by atoms with Crippen LogP contribution in [0.3, 0.4) is 0 Å². The number of aryl methyl sites for hydroxylation is 1. The molecule has 0 bridgehead atoms. The maximum absolute atomic E-state index is 6.31. The van der Waals surface area contributed by atoms with Crippen LogP contribution in [0.4, 0.5) is 0 Å². The molecule has 1 aromatic heterocycles. The second-order valence-corrected chi connectivity index (χ2v) is 6.93. The van der Waals surface area contributed by atoms with Gasteiger partial charge in [0.25, 0.3) is 0 Å². The zero-order valence-electron chi connectivity index (χ0n) is 11.6. The number of benzene rings is 2. The fourth-order valence-electron chi connectivity index (χ4n) is 2.37. The van der Waals surface area contributed by atoms with Crippen molar-refractivity contribution in [2.75, 3.05) is 0 Å². The Bertz CT molecular complexity index is 825. The predicted octanol–water partition coefficient (Wildman–Crippen LogP) is 6.05. The lowest BCUT2D eigenvalue weighted by Crippen LogP contribution is -2.02. The topological polar surface area (TPSA) is 17.8 Å². The molecule has 108 valence electrons. The Kier molecular flexibility index (Phi) is 4.00. The highest BCUT2D eigenvalue weighted by Crippen LogP contribution is 2.31. The zero-order chi connectivity index (χ0) is 15.1. The normalized spacial score (nSPS) is 12.8. The van der Waals surface area contributed by atoms with Crippen molar-refractivity contribution >= 4 is 50.2 Å². The Labute approximate surface area is 141 Å². The predicted molar refractivity (Wildman–Crippen MR) is 92.8 cm³/mol. The van der Waals surface area contributed by atoms with Gasteiger partial charge in [-0.1, -0.05) is 17.7 Å². The molecule has 0 saturated carbocycles. The zero-order valence-corrected chi connectivity index (χ0v) is 14.7. The van der Waals surface area contributed by atoms with Crippen LogP contribution in [0.15, 0.2) is 40.9 Å². The number of hydrogen-bond donors (Lipinski definition) is 0. The standard InChI is InChI=1S/C16H13BrCl2N2/c1-9-3-6-14-15(7-9)21(16(20-14)10(2)18)11-4-5-12(17)13(19)8-11/h3-8,10H,1-2H3. The number of hydrogen-bond acceptors (Lipinski definition) is 1. The highest BCUT2D eigenvalue weighted by Gasteiger charge is 2.17. The van der Waals surface area contributed by atoms with Crippen molar-refractivity contribution in [3.63, 3.8) is 0 Å². The SMILES string of the molecule is Cc1ccc2nc(C(C)Cl)n(-c3ccc(Br)c(Cl)c3)c2c1. The van der Waals surface area contributed by atoms with Crippen LogP contribution in [0.2, 0.25) is 5.02 Å². The van der Waals surface area contributed by atoms with E-state index in [9.17, 15) is 0 Å². The Morgan fingerprint density at radius 3 is 2.62 bits per heavy atom. The molecule has 0 fully saturated rings. The molecule has 0 saturated heterocycles. The molecule has 2 aromatic carbocycles. The average molecular weight is 384 g/mol. The maximum Gasteiger partial charge on any atom is 0.132 e. The third-order valence-corrected chi connectivity index (χ3v) is 4.78. The van der Waals surface area contributed by atoms with E-state index in [1.54, 1.807) is 0 Å². The van der Waals surface area contributed by atoms with Gasteiger partial charge in [0, 0.05) is 10.2 Å². The number of imidazole rings is 1. The minimum atomic E-state index is -0.194. The first-order valence-corrected chi connectivity index (χ1v) is 8.16. The van der Waals surface area contributed by atoms with Crippen molar-refractivity contribution in [2.24, 2.45) is 0 Å². The van der Waals surface area contributed by atoms with Crippen LogP contribution < -0.4 is 0 Å². The van der Waals surface area contributed by atoms with Gasteiger partial charge >= 0.3 is 0 Å². The fourth-order valence-corrected chi connectivity index (χ4v) is 2.93. The average Bonchev–Trinajstić information content (AvgIpc) is 2.80. The molecule has 0 aliphatic heterocycles. The van der Waals surface area contributed by atoms with Crippen molar-refractivity contribution in [3.05, 3.63) is 57.3 Å². The van der Waals surface area contributed by atoms with Crippen LogP contribution in [-0.4, -0.2) is 9.55 Å². The summed E-state index contributed by atoms with van der Waals surface area (Å²) in [5.74, 6) is 0.815. The molecule has 2 nitrogen and oxygen atoms in total. The lowest BCUT2D eigenvalue weighted by Gasteiger charge is -2.11. The van der Waals surface area contributed by atoms with Crippen LogP contribution in [0.1, 0.15) is 23.7 Å². The Morgan fingerprint density at radius 2 is 1.95 bits per heavy atom. The van der Waals surface area contributed by atoms with Gasteiger partial charge in [0.15, 0.2) is 0 Å². The number of nitrogens with zero attached hydrogens (tertiary/aromatic N) is 2. The number of alkyl halides is 1. The second kappa shape index (κ2) is 5.64. The molecule has 0 N–H and O–H groups in total. The number of halogens is 3. The molecular weight excluding hydrogens is 371 g/mol. The van der Waals surface area contributed by atoms with E-state index in [-0.39, 0.29) is 5.38 Å². The van der Waals surface area contributed by atoms with E-state index in [0.717, 1.165) is 27.0 Å². The first-order valence-electron chi connectivity index (χ1n) is 6.56. The van der Waals surface area contributed by atoms with E-state index in [4.69, 9.17) is 23.2 Å². The van der Waals surface area contributed by atoms with Gasteiger partial charge in [-0.3, -0.25) is 4.57 Å². The van der Waals surface area contributed by atoms with Crippen LogP contribution in [0.5, 0.6) is 0 Å². The van der Waals surface area contributed by atoms with Crippen LogP contribution in [-0.2, 0) is 0 Å². The Balaban J connectivity index is 2.35. The molecular formula is C16H13BrCl2N2. The van der Waals surface area contributed by atoms with Crippen molar-refractivity contribution in [2.45, 2.75) is 19.2 Å². The van der Waals surface area contributed by atoms with Crippen LogP contribution in [0, 0.1) is 6.92 Å². The summed E-state index contributed by atoms with van der Waals surface area (Å²) in [4.78, 5) is 4.66. The molecule has 3 rings (SSSR count). The molecule has 0 amide bonds. The second-order valence-electron chi connectivity index (χ2n) is 5.01. The van der Waals surface area contributed by atoms with Gasteiger partial charge in [-0.15, -0.1) is 11.6 Å². The minimum Gasteiger partial charge on any atom is -0.295 e. The van der Waals surface area contributed by atoms with Gasteiger partial charge in [0.05, 0.1) is 21.4 Å².